The first-order valence-electron chi connectivity index (χ1n) is 11.8. The van der Waals surface area contributed by atoms with Gasteiger partial charge in [0.05, 0.1) is 4.90 Å². The van der Waals surface area contributed by atoms with Crippen LogP contribution >= 0.6 is 0 Å². The van der Waals surface area contributed by atoms with E-state index in [1.807, 2.05) is 0 Å². The summed E-state index contributed by atoms with van der Waals surface area (Å²) in [5.41, 5.74) is -2.35. The number of ether oxygens (including phenoxy) is 1. The zero-order valence-corrected chi connectivity index (χ0v) is 21.6. The van der Waals surface area contributed by atoms with Gasteiger partial charge in [0.15, 0.2) is 0 Å². The molecule has 3 rings (SSSR count). The normalized spacial score (nSPS) is 16.1. The molecule has 1 atom stereocenters. The number of hydrogen-bond donors (Lipinski definition) is 3. The zero-order valence-electron chi connectivity index (χ0n) is 20.8. The SMILES string of the molecule is CC(C)(NS(=O)(=O)c1ccc(NC(=O)[C@H](CC2CCOCC2)NC(=O)c2ccc(F)cc2)cc1)C(F)(F)F. The van der Waals surface area contributed by atoms with Crippen molar-refractivity contribution in [3.63, 3.8) is 0 Å². The maximum absolute atomic E-state index is 13.2. The first kappa shape index (κ1) is 29.5. The number of carbonyl (C=O) groups excluding carboxylic acids is 2. The molecule has 8 nitrogen and oxygen atoms in total. The van der Waals surface area contributed by atoms with Gasteiger partial charge in [-0.05, 0) is 87.6 Å². The third kappa shape index (κ3) is 7.74. The van der Waals surface area contributed by atoms with Crippen LogP contribution in [0.4, 0.5) is 23.2 Å². The van der Waals surface area contributed by atoms with Crippen molar-refractivity contribution >= 4 is 27.5 Å². The van der Waals surface area contributed by atoms with Crippen LogP contribution < -0.4 is 15.4 Å². The molecule has 0 spiro atoms. The molecule has 2 aromatic rings. The van der Waals surface area contributed by atoms with E-state index in [9.17, 15) is 35.6 Å². The van der Waals surface area contributed by atoms with Gasteiger partial charge in [0.2, 0.25) is 15.9 Å². The van der Waals surface area contributed by atoms with E-state index in [4.69, 9.17) is 4.74 Å². The molecule has 2 aromatic carbocycles. The molecule has 0 aromatic heterocycles. The molecule has 13 heteroatoms. The van der Waals surface area contributed by atoms with Gasteiger partial charge in [-0.3, -0.25) is 9.59 Å². The summed E-state index contributed by atoms with van der Waals surface area (Å²) in [6.45, 7) is 2.47. The Morgan fingerprint density at radius 1 is 1.00 bits per heavy atom. The number of benzene rings is 2. The molecule has 2 amide bonds. The van der Waals surface area contributed by atoms with Crippen molar-refractivity contribution in [3.05, 3.63) is 59.9 Å². The second kappa shape index (κ2) is 11.8. The van der Waals surface area contributed by atoms with Crippen LogP contribution in [0.3, 0.4) is 0 Å². The lowest BCUT2D eigenvalue weighted by molar-refractivity contribution is -0.180. The molecule has 1 aliphatic heterocycles. The minimum atomic E-state index is -4.81. The summed E-state index contributed by atoms with van der Waals surface area (Å²) >= 11 is 0. The Hall–Kier alpha value is -3.03. The van der Waals surface area contributed by atoms with Crippen molar-refractivity contribution < 1.29 is 40.3 Å². The van der Waals surface area contributed by atoms with Gasteiger partial charge in [-0.1, -0.05) is 0 Å². The van der Waals surface area contributed by atoms with Gasteiger partial charge in [-0.15, -0.1) is 0 Å². The molecule has 1 fully saturated rings. The highest BCUT2D eigenvalue weighted by molar-refractivity contribution is 7.89. The molecule has 1 heterocycles. The van der Waals surface area contributed by atoms with Crippen LogP contribution in [0.5, 0.6) is 0 Å². The molecule has 1 aliphatic rings. The second-order valence-electron chi connectivity index (χ2n) is 9.57. The Kier molecular flexibility index (Phi) is 9.16. The molecule has 1 saturated heterocycles. The van der Waals surface area contributed by atoms with Crippen LogP contribution in [0.25, 0.3) is 0 Å². The van der Waals surface area contributed by atoms with Crippen LogP contribution in [0, 0.1) is 11.7 Å². The van der Waals surface area contributed by atoms with Crippen molar-refractivity contribution in [2.45, 2.75) is 55.8 Å². The lowest BCUT2D eigenvalue weighted by Crippen LogP contribution is -2.54. The lowest BCUT2D eigenvalue weighted by atomic mass is 9.92. The van der Waals surface area contributed by atoms with E-state index in [0.717, 1.165) is 24.3 Å². The van der Waals surface area contributed by atoms with Crippen LogP contribution in [-0.4, -0.2) is 51.2 Å². The van der Waals surface area contributed by atoms with E-state index in [0.29, 0.717) is 46.3 Å². The van der Waals surface area contributed by atoms with Crippen molar-refractivity contribution in [2.75, 3.05) is 18.5 Å². The average Bonchev–Trinajstić information content (AvgIpc) is 2.83. The number of sulfonamides is 1. The summed E-state index contributed by atoms with van der Waals surface area (Å²) in [6.07, 6.45) is -3.11. The highest BCUT2D eigenvalue weighted by atomic mass is 32.2. The molecule has 38 heavy (non-hydrogen) atoms. The lowest BCUT2D eigenvalue weighted by Gasteiger charge is -2.28. The number of nitrogens with one attached hydrogen (secondary N) is 3. The molecular weight excluding hydrogens is 530 g/mol. The first-order chi connectivity index (χ1) is 17.7. The van der Waals surface area contributed by atoms with Crippen LogP contribution in [-0.2, 0) is 19.6 Å². The molecule has 0 aliphatic carbocycles. The minimum absolute atomic E-state index is 0.101. The van der Waals surface area contributed by atoms with Gasteiger partial charge in [-0.25, -0.2) is 12.8 Å². The monoisotopic (exact) mass is 559 g/mol. The summed E-state index contributed by atoms with van der Waals surface area (Å²) < 4.78 is 84.5. The van der Waals surface area contributed by atoms with Crippen molar-refractivity contribution in [3.8, 4) is 0 Å². The fourth-order valence-corrected chi connectivity index (χ4v) is 5.19. The Bertz CT molecular complexity index is 1230. The minimum Gasteiger partial charge on any atom is -0.381 e. The van der Waals surface area contributed by atoms with Gasteiger partial charge in [0.25, 0.3) is 5.91 Å². The largest absolute Gasteiger partial charge is 0.407 e. The zero-order chi connectivity index (χ0) is 28.1. The van der Waals surface area contributed by atoms with E-state index < -0.39 is 50.3 Å². The fourth-order valence-electron chi connectivity index (χ4n) is 3.79. The Balaban J connectivity index is 1.73. The summed E-state index contributed by atoms with van der Waals surface area (Å²) in [6, 6.07) is 8.48. The van der Waals surface area contributed by atoms with E-state index >= 15 is 0 Å². The van der Waals surface area contributed by atoms with E-state index in [2.05, 4.69) is 10.6 Å². The van der Waals surface area contributed by atoms with Gasteiger partial charge < -0.3 is 15.4 Å². The molecule has 0 saturated carbocycles. The number of alkyl halides is 3. The number of hydrogen-bond acceptors (Lipinski definition) is 5. The van der Waals surface area contributed by atoms with Crippen LogP contribution in [0.15, 0.2) is 53.4 Å². The van der Waals surface area contributed by atoms with Gasteiger partial charge >= 0.3 is 6.18 Å². The van der Waals surface area contributed by atoms with Crippen LogP contribution in [0.1, 0.15) is 43.5 Å². The quantitative estimate of drug-likeness (QED) is 0.402. The number of amides is 2. The molecule has 0 bridgehead atoms. The summed E-state index contributed by atoms with van der Waals surface area (Å²) in [5, 5.41) is 5.28. The third-order valence-electron chi connectivity index (χ3n) is 6.17. The summed E-state index contributed by atoms with van der Waals surface area (Å²) in [7, 11) is -4.51. The Morgan fingerprint density at radius 3 is 2.13 bits per heavy atom. The standard InChI is InChI=1S/C25H29F4N3O5S/c1-24(2,25(27,28)29)32-38(35,36)20-9-7-19(8-10-20)30-23(34)21(15-16-11-13-37-14-12-16)31-22(33)17-3-5-18(26)6-4-17/h3-10,16,21,32H,11-15H2,1-2H3,(H,30,34)(H,31,33)/t21-/m0/s1. The van der Waals surface area contributed by atoms with E-state index in [1.165, 1.54) is 24.3 Å². The number of carbonyl (C=O) groups is 2. The van der Waals surface area contributed by atoms with Crippen molar-refractivity contribution in [1.29, 1.82) is 0 Å². The maximum atomic E-state index is 13.2. The molecule has 208 valence electrons. The highest BCUT2D eigenvalue weighted by Gasteiger charge is 2.49. The van der Waals surface area contributed by atoms with E-state index in [-0.39, 0.29) is 17.2 Å². The Labute approximate surface area is 218 Å². The van der Waals surface area contributed by atoms with Gasteiger partial charge in [0.1, 0.15) is 17.4 Å². The predicted molar refractivity (Wildman–Crippen MR) is 131 cm³/mol. The van der Waals surface area contributed by atoms with E-state index in [1.54, 1.807) is 4.72 Å². The molecule has 3 N–H and O–H groups in total. The van der Waals surface area contributed by atoms with Crippen molar-refractivity contribution in [2.24, 2.45) is 5.92 Å². The highest BCUT2D eigenvalue weighted by Crippen LogP contribution is 2.31. The van der Waals surface area contributed by atoms with Crippen molar-refractivity contribution in [1.82, 2.24) is 10.0 Å². The number of halogens is 4. The number of rotatable bonds is 9. The predicted octanol–water partition coefficient (Wildman–Crippen LogP) is 4.00. The maximum Gasteiger partial charge on any atom is 0.407 e. The van der Waals surface area contributed by atoms with Gasteiger partial charge in [0, 0.05) is 24.5 Å². The second-order valence-corrected chi connectivity index (χ2v) is 11.2. The first-order valence-corrected chi connectivity index (χ1v) is 13.3. The summed E-state index contributed by atoms with van der Waals surface area (Å²) in [4.78, 5) is 25.4. The topological polar surface area (TPSA) is 114 Å². The fraction of sp³-hybridized carbons (Fsp3) is 0.440. The summed E-state index contributed by atoms with van der Waals surface area (Å²) in [5.74, 6) is -1.56. The molecule has 0 radical (unpaired) electrons. The smallest absolute Gasteiger partial charge is 0.381 e. The molecule has 0 unspecified atom stereocenters. The Morgan fingerprint density at radius 2 is 1.58 bits per heavy atom. The number of anilines is 1. The van der Waals surface area contributed by atoms with Gasteiger partial charge in [-0.2, -0.15) is 17.9 Å². The third-order valence-corrected chi connectivity index (χ3v) is 7.84. The molecular formula is C25H29F4N3O5S. The average molecular weight is 560 g/mol. The van der Waals surface area contributed by atoms with Crippen LogP contribution in [0.2, 0.25) is 0 Å².